The van der Waals surface area contributed by atoms with Gasteiger partial charge in [-0.05, 0) is 36.3 Å². The van der Waals surface area contributed by atoms with Crippen molar-refractivity contribution in [3.63, 3.8) is 0 Å². The largest absolute Gasteiger partial charge is 0.503 e. The molecule has 188 valence electrons. The molecule has 1 aromatic heterocycles. The number of carbonyl (C=O) groups is 3. The number of aryl methyl sites for hydroxylation is 1. The molecular weight excluding hydrogens is 535 g/mol. The summed E-state index contributed by atoms with van der Waals surface area (Å²) in [6.07, 6.45) is 4.30. The van der Waals surface area contributed by atoms with E-state index in [1.165, 1.54) is 29.2 Å². The normalized spacial score (nSPS) is 15.5. The van der Waals surface area contributed by atoms with Gasteiger partial charge >= 0.3 is 5.97 Å². The third-order valence-corrected chi connectivity index (χ3v) is 7.34. The van der Waals surface area contributed by atoms with Crippen LogP contribution in [0, 0.1) is 6.92 Å². The Morgan fingerprint density at radius 2 is 1.92 bits per heavy atom. The second kappa shape index (κ2) is 11.1. The Hall–Kier alpha value is -3.72. The number of thiazole rings is 1. The number of aliphatic hydroxyl groups excluding tert-OH is 1. The smallest absolute Gasteiger partial charge is 0.350 e. The van der Waals surface area contributed by atoms with Crippen LogP contribution >= 0.6 is 34.5 Å². The van der Waals surface area contributed by atoms with Crippen LogP contribution in [0.25, 0.3) is 6.08 Å². The molecule has 1 aliphatic rings. The average molecular weight is 555 g/mol. The van der Waals surface area contributed by atoms with E-state index in [2.05, 4.69) is 11.6 Å². The van der Waals surface area contributed by atoms with Crippen molar-refractivity contribution in [3.05, 3.63) is 110 Å². The number of ether oxygens (including phenoxy) is 1. The molecule has 0 bridgehead atoms. The van der Waals surface area contributed by atoms with Crippen molar-refractivity contribution in [1.29, 1.82) is 0 Å². The third kappa shape index (κ3) is 5.36. The number of ketones is 1. The standard InChI is InChI=1S/C27H20Cl2N2O5S/c1-3-13-36-26(35)24-15(2)30-27(37-24)31-22(17-10-11-18(28)19(29)14-17)21(23(33)25(31)34)20(32)12-9-16-7-5-4-6-8-16/h3-12,14,22,33H,1,13H2,2H3/b12-9+. The molecule has 0 saturated carbocycles. The first-order valence-electron chi connectivity index (χ1n) is 11.0. The number of esters is 1. The van der Waals surface area contributed by atoms with E-state index >= 15 is 0 Å². The lowest BCUT2D eigenvalue weighted by Gasteiger charge is -2.24. The van der Waals surface area contributed by atoms with E-state index < -0.39 is 29.5 Å². The average Bonchev–Trinajstić information content (AvgIpc) is 3.40. The van der Waals surface area contributed by atoms with Crippen LogP contribution in [0.5, 0.6) is 0 Å². The van der Waals surface area contributed by atoms with E-state index in [0.717, 1.165) is 16.9 Å². The van der Waals surface area contributed by atoms with E-state index in [0.29, 0.717) is 11.3 Å². The van der Waals surface area contributed by atoms with Crippen molar-refractivity contribution < 1.29 is 24.2 Å². The molecule has 0 fully saturated rings. The number of rotatable bonds is 8. The van der Waals surface area contributed by atoms with Crippen LogP contribution < -0.4 is 4.90 Å². The van der Waals surface area contributed by atoms with Crippen LogP contribution in [0.4, 0.5) is 5.13 Å². The highest BCUT2D eigenvalue weighted by Gasteiger charge is 2.45. The molecule has 1 amide bonds. The maximum absolute atomic E-state index is 13.3. The van der Waals surface area contributed by atoms with E-state index in [1.807, 2.05) is 30.3 Å². The first-order chi connectivity index (χ1) is 17.7. The van der Waals surface area contributed by atoms with Gasteiger partial charge in [0.05, 0.1) is 27.4 Å². The Labute approximate surface area is 226 Å². The number of carbonyl (C=O) groups excluding carboxylic acids is 3. The number of anilines is 1. The van der Waals surface area contributed by atoms with Gasteiger partial charge in [0.2, 0.25) is 0 Å². The SMILES string of the molecule is C=CCOC(=O)c1sc(N2C(=O)C(O)=C(C(=O)/C=C/c3ccccc3)C2c2ccc(Cl)c(Cl)c2)nc1C. The zero-order valence-corrected chi connectivity index (χ0v) is 21.8. The number of aromatic nitrogens is 1. The number of hydrogen-bond acceptors (Lipinski definition) is 7. The van der Waals surface area contributed by atoms with Crippen LogP contribution in [0.15, 0.2) is 78.6 Å². The molecule has 2 heterocycles. The molecule has 1 atom stereocenters. The monoisotopic (exact) mass is 554 g/mol. The van der Waals surface area contributed by atoms with Crippen LogP contribution in [-0.2, 0) is 14.3 Å². The summed E-state index contributed by atoms with van der Waals surface area (Å²) in [7, 11) is 0. The summed E-state index contributed by atoms with van der Waals surface area (Å²) in [5, 5.41) is 11.4. The molecule has 10 heteroatoms. The number of aliphatic hydroxyl groups is 1. The maximum Gasteiger partial charge on any atom is 0.350 e. The second-order valence-corrected chi connectivity index (χ2v) is 9.71. The maximum atomic E-state index is 13.3. The quantitative estimate of drug-likeness (QED) is 0.200. The number of hydrogen-bond donors (Lipinski definition) is 1. The van der Waals surface area contributed by atoms with Gasteiger partial charge in [-0.15, -0.1) is 0 Å². The van der Waals surface area contributed by atoms with Crippen molar-refractivity contribution in [2.24, 2.45) is 0 Å². The Bertz CT molecular complexity index is 1460. The van der Waals surface area contributed by atoms with E-state index in [1.54, 1.807) is 19.1 Å². The number of amides is 1. The highest BCUT2D eigenvalue weighted by Crippen LogP contribution is 2.44. The Morgan fingerprint density at radius 1 is 1.19 bits per heavy atom. The van der Waals surface area contributed by atoms with Crippen molar-refractivity contribution >= 4 is 63.4 Å². The third-order valence-electron chi connectivity index (χ3n) is 5.47. The molecule has 37 heavy (non-hydrogen) atoms. The predicted molar refractivity (Wildman–Crippen MR) is 144 cm³/mol. The molecule has 7 nitrogen and oxygen atoms in total. The minimum absolute atomic E-state index is 0.00872. The predicted octanol–water partition coefficient (Wildman–Crippen LogP) is 6.28. The lowest BCUT2D eigenvalue weighted by Crippen LogP contribution is -2.30. The fourth-order valence-corrected chi connectivity index (χ4v) is 5.05. The molecular formula is C27H20Cl2N2O5S. The minimum Gasteiger partial charge on any atom is -0.503 e. The molecule has 0 radical (unpaired) electrons. The summed E-state index contributed by atoms with van der Waals surface area (Å²) in [4.78, 5) is 44.9. The van der Waals surface area contributed by atoms with Gasteiger partial charge in [-0.1, -0.05) is 89.7 Å². The lowest BCUT2D eigenvalue weighted by molar-refractivity contribution is -0.117. The molecule has 0 spiro atoms. The Balaban J connectivity index is 1.79. The zero-order chi connectivity index (χ0) is 26.7. The Kier molecular flexibility index (Phi) is 7.92. The zero-order valence-electron chi connectivity index (χ0n) is 19.5. The van der Waals surface area contributed by atoms with Crippen molar-refractivity contribution in [2.45, 2.75) is 13.0 Å². The van der Waals surface area contributed by atoms with Crippen molar-refractivity contribution in [2.75, 3.05) is 11.5 Å². The van der Waals surface area contributed by atoms with Gasteiger partial charge in [0.1, 0.15) is 11.5 Å². The summed E-state index contributed by atoms with van der Waals surface area (Å²) in [5.74, 6) is -2.76. The number of benzene rings is 2. The van der Waals surface area contributed by atoms with Crippen molar-refractivity contribution in [1.82, 2.24) is 4.98 Å². The molecule has 0 aliphatic carbocycles. The summed E-state index contributed by atoms with van der Waals surface area (Å²) < 4.78 is 5.11. The van der Waals surface area contributed by atoms with E-state index in [9.17, 15) is 19.5 Å². The first kappa shape index (κ1) is 26.3. The number of nitrogens with zero attached hydrogens (tertiary/aromatic N) is 2. The van der Waals surface area contributed by atoms with Crippen LogP contribution in [0.3, 0.4) is 0 Å². The van der Waals surface area contributed by atoms with Gasteiger partial charge in [0.25, 0.3) is 5.91 Å². The van der Waals surface area contributed by atoms with Gasteiger partial charge in [-0.25, -0.2) is 9.78 Å². The van der Waals surface area contributed by atoms with Crippen LogP contribution in [-0.4, -0.2) is 34.4 Å². The molecule has 1 N–H and O–H groups in total. The van der Waals surface area contributed by atoms with Gasteiger partial charge < -0.3 is 9.84 Å². The molecule has 4 rings (SSSR count). The number of halogens is 2. The Morgan fingerprint density at radius 3 is 2.59 bits per heavy atom. The topological polar surface area (TPSA) is 96.8 Å². The molecule has 2 aromatic carbocycles. The highest BCUT2D eigenvalue weighted by atomic mass is 35.5. The molecule has 3 aromatic rings. The van der Waals surface area contributed by atoms with Gasteiger partial charge in [0, 0.05) is 0 Å². The van der Waals surface area contributed by atoms with E-state index in [-0.39, 0.29) is 32.2 Å². The lowest BCUT2D eigenvalue weighted by atomic mass is 9.96. The molecule has 0 saturated heterocycles. The minimum atomic E-state index is -1.07. The fraction of sp³-hybridized carbons (Fsp3) is 0.111. The fourth-order valence-electron chi connectivity index (χ4n) is 3.75. The van der Waals surface area contributed by atoms with E-state index in [4.69, 9.17) is 27.9 Å². The van der Waals surface area contributed by atoms with Gasteiger partial charge in [-0.3, -0.25) is 14.5 Å². The van der Waals surface area contributed by atoms with Gasteiger partial charge in [0.15, 0.2) is 16.7 Å². The van der Waals surface area contributed by atoms with Crippen LogP contribution in [0.1, 0.15) is 32.5 Å². The molecule has 1 unspecified atom stereocenters. The highest BCUT2D eigenvalue weighted by molar-refractivity contribution is 7.17. The summed E-state index contributed by atoms with van der Waals surface area (Å²) in [5.41, 5.74) is 1.37. The second-order valence-electron chi connectivity index (χ2n) is 7.92. The number of allylic oxidation sites excluding steroid dienone is 1. The molecule has 1 aliphatic heterocycles. The van der Waals surface area contributed by atoms with Crippen LogP contribution in [0.2, 0.25) is 10.0 Å². The van der Waals surface area contributed by atoms with Gasteiger partial charge in [-0.2, -0.15) is 0 Å². The summed E-state index contributed by atoms with van der Waals surface area (Å²) in [6.45, 7) is 5.13. The summed E-state index contributed by atoms with van der Waals surface area (Å²) in [6, 6.07) is 12.7. The van der Waals surface area contributed by atoms with Crippen molar-refractivity contribution in [3.8, 4) is 0 Å². The first-order valence-corrected chi connectivity index (χ1v) is 12.5. The summed E-state index contributed by atoms with van der Waals surface area (Å²) >= 11 is 13.3.